The molecule has 0 atom stereocenters. The van der Waals surface area contributed by atoms with E-state index in [0.717, 1.165) is 47.4 Å². The van der Waals surface area contributed by atoms with Gasteiger partial charge in [-0.05, 0) is 13.3 Å². The van der Waals surface area contributed by atoms with Crippen molar-refractivity contribution >= 4 is 17.2 Å². The number of thiazole rings is 1. The summed E-state index contributed by atoms with van der Waals surface area (Å²) in [4.78, 5) is 13.7. The Hall–Kier alpha value is -1.49. The number of aryl methyl sites for hydroxylation is 1. The number of hydrogen-bond donors (Lipinski definition) is 1. The highest BCUT2D eigenvalue weighted by atomic mass is 32.1. The zero-order valence-corrected chi connectivity index (χ0v) is 14.3. The lowest BCUT2D eigenvalue weighted by molar-refractivity contribution is 0.571. The monoisotopic (exact) mass is 304 g/mol. The quantitative estimate of drug-likeness (QED) is 0.908. The van der Waals surface area contributed by atoms with E-state index < -0.39 is 0 Å². The van der Waals surface area contributed by atoms with E-state index in [4.69, 9.17) is 4.98 Å². The molecule has 2 aromatic rings. The smallest absolute Gasteiger partial charge is 0.129 e. The van der Waals surface area contributed by atoms with Gasteiger partial charge in [0.2, 0.25) is 0 Å². The Labute approximate surface area is 131 Å². The molecule has 5 heteroatoms. The third-order valence-corrected chi connectivity index (χ3v) is 3.95. The van der Waals surface area contributed by atoms with E-state index in [-0.39, 0.29) is 5.41 Å². The summed E-state index contributed by atoms with van der Waals surface area (Å²) < 4.78 is 0. The van der Waals surface area contributed by atoms with Gasteiger partial charge < -0.3 is 5.32 Å². The van der Waals surface area contributed by atoms with Gasteiger partial charge in [0.1, 0.15) is 11.6 Å². The molecule has 0 radical (unpaired) electrons. The highest BCUT2D eigenvalue weighted by Gasteiger charge is 2.17. The molecular weight excluding hydrogens is 280 g/mol. The van der Waals surface area contributed by atoms with E-state index in [9.17, 15) is 0 Å². The van der Waals surface area contributed by atoms with Crippen LogP contribution in [0.25, 0.3) is 0 Å². The van der Waals surface area contributed by atoms with Crippen LogP contribution in [-0.4, -0.2) is 21.5 Å². The summed E-state index contributed by atoms with van der Waals surface area (Å²) in [5, 5.41) is 6.59. The van der Waals surface area contributed by atoms with Crippen molar-refractivity contribution in [2.45, 2.75) is 52.9 Å². The maximum Gasteiger partial charge on any atom is 0.129 e. The largest absolute Gasteiger partial charge is 0.370 e. The van der Waals surface area contributed by atoms with Gasteiger partial charge in [-0.2, -0.15) is 0 Å². The van der Waals surface area contributed by atoms with E-state index >= 15 is 0 Å². The fraction of sp³-hybridized carbons (Fsp3) is 0.562. The van der Waals surface area contributed by atoms with Gasteiger partial charge in [0.25, 0.3) is 0 Å². The van der Waals surface area contributed by atoms with Gasteiger partial charge in [-0.1, -0.05) is 27.7 Å². The Balaban J connectivity index is 2.15. The molecular formula is C16H24N4S. The molecule has 0 amide bonds. The Kier molecular flexibility index (Phi) is 4.93. The Morgan fingerprint density at radius 1 is 1.19 bits per heavy atom. The number of rotatable bonds is 5. The standard InChI is InChI=1S/C16H24N4S/c1-6-7-17-14-8-12(18-11(2)19-14)9-15-20-13(10-21-15)16(3,4)5/h8,10H,6-7,9H2,1-5H3,(H,17,18,19). The zero-order chi connectivity index (χ0) is 15.5. The van der Waals surface area contributed by atoms with Crippen LogP contribution in [-0.2, 0) is 11.8 Å². The number of nitrogens with zero attached hydrogens (tertiary/aromatic N) is 3. The maximum absolute atomic E-state index is 4.74. The van der Waals surface area contributed by atoms with Gasteiger partial charge in [0.05, 0.1) is 16.4 Å². The van der Waals surface area contributed by atoms with Crippen molar-refractivity contribution in [2.24, 2.45) is 0 Å². The van der Waals surface area contributed by atoms with Gasteiger partial charge in [-0.25, -0.2) is 15.0 Å². The summed E-state index contributed by atoms with van der Waals surface area (Å²) in [6, 6.07) is 2.03. The van der Waals surface area contributed by atoms with Crippen molar-refractivity contribution in [3.05, 3.63) is 33.7 Å². The van der Waals surface area contributed by atoms with Crippen LogP contribution in [0.5, 0.6) is 0 Å². The van der Waals surface area contributed by atoms with Crippen molar-refractivity contribution in [1.82, 2.24) is 15.0 Å². The average Bonchev–Trinajstić information content (AvgIpc) is 2.84. The molecule has 0 saturated heterocycles. The summed E-state index contributed by atoms with van der Waals surface area (Å²) in [5.74, 6) is 1.71. The molecule has 4 nitrogen and oxygen atoms in total. The first-order chi connectivity index (χ1) is 9.88. The van der Waals surface area contributed by atoms with E-state index in [0.29, 0.717) is 0 Å². The van der Waals surface area contributed by atoms with Crippen molar-refractivity contribution in [1.29, 1.82) is 0 Å². The van der Waals surface area contributed by atoms with Crippen LogP contribution < -0.4 is 5.32 Å². The Morgan fingerprint density at radius 2 is 1.95 bits per heavy atom. The molecule has 0 unspecified atom stereocenters. The van der Waals surface area contributed by atoms with Crippen LogP contribution in [0.3, 0.4) is 0 Å². The van der Waals surface area contributed by atoms with E-state index in [1.165, 1.54) is 0 Å². The van der Waals surface area contributed by atoms with Crippen molar-refractivity contribution < 1.29 is 0 Å². The molecule has 2 rings (SSSR count). The molecule has 21 heavy (non-hydrogen) atoms. The summed E-state index contributed by atoms with van der Waals surface area (Å²) in [7, 11) is 0. The molecule has 0 aliphatic carbocycles. The summed E-state index contributed by atoms with van der Waals surface area (Å²) >= 11 is 1.71. The molecule has 0 saturated carbocycles. The van der Waals surface area contributed by atoms with Gasteiger partial charge in [-0.15, -0.1) is 11.3 Å². The van der Waals surface area contributed by atoms with Crippen LogP contribution in [0.1, 0.15) is 56.3 Å². The van der Waals surface area contributed by atoms with Gasteiger partial charge in [-0.3, -0.25) is 0 Å². The molecule has 2 aromatic heterocycles. The second kappa shape index (κ2) is 6.52. The predicted molar refractivity (Wildman–Crippen MR) is 89.2 cm³/mol. The van der Waals surface area contributed by atoms with E-state index in [1.807, 2.05) is 13.0 Å². The summed E-state index contributed by atoms with van der Waals surface area (Å²) in [6.45, 7) is 11.6. The molecule has 0 aliphatic rings. The highest BCUT2D eigenvalue weighted by Crippen LogP contribution is 2.25. The molecule has 0 fully saturated rings. The summed E-state index contributed by atoms with van der Waals surface area (Å²) in [6.07, 6.45) is 1.85. The van der Waals surface area contributed by atoms with Crippen LogP contribution in [0.15, 0.2) is 11.4 Å². The molecule has 0 bridgehead atoms. The van der Waals surface area contributed by atoms with Crippen molar-refractivity contribution in [3.8, 4) is 0 Å². The second-order valence-corrected chi connectivity index (χ2v) is 7.21. The fourth-order valence-corrected chi connectivity index (χ4v) is 2.99. The lowest BCUT2D eigenvalue weighted by Crippen LogP contribution is -2.11. The molecule has 114 valence electrons. The van der Waals surface area contributed by atoms with Gasteiger partial charge in [0, 0.05) is 29.8 Å². The lowest BCUT2D eigenvalue weighted by Gasteiger charge is -2.14. The molecule has 0 spiro atoms. The second-order valence-electron chi connectivity index (χ2n) is 6.27. The zero-order valence-electron chi connectivity index (χ0n) is 13.5. The number of nitrogens with one attached hydrogen (secondary N) is 1. The van der Waals surface area contributed by atoms with E-state index in [2.05, 4.69) is 48.4 Å². The number of anilines is 1. The minimum atomic E-state index is 0.101. The summed E-state index contributed by atoms with van der Waals surface area (Å²) in [5.41, 5.74) is 2.28. The molecule has 1 N–H and O–H groups in total. The first-order valence-electron chi connectivity index (χ1n) is 7.42. The van der Waals surface area contributed by atoms with Crippen LogP contribution in [0, 0.1) is 6.92 Å². The van der Waals surface area contributed by atoms with Crippen LogP contribution >= 0.6 is 11.3 Å². The normalized spacial score (nSPS) is 11.7. The minimum Gasteiger partial charge on any atom is -0.370 e. The Bertz CT molecular complexity index is 599. The predicted octanol–water partition coefficient (Wildman–Crippen LogP) is 3.95. The van der Waals surface area contributed by atoms with Crippen LogP contribution in [0.4, 0.5) is 5.82 Å². The third-order valence-electron chi connectivity index (χ3n) is 3.10. The SMILES string of the molecule is CCCNc1cc(Cc2nc(C(C)(C)C)cs2)nc(C)n1. The van der Waals surface area contributed by atoms with Crippen LogP contribution in [0.2, 0.25) is 0 Å². The first kappa shape index (κ1) is 15.9. The van der Waals surface area contributed by atoms with Crippen molar-refractivity contribution in [3.63, 3.8) is 0 Å². The lowest BCUT2D eigenvalue weighted by atomic mass is 9.93. The number of hydrogen-bond acceptors (Lipinski definition) is 5. The highest BCUT2D eigenvalue weighted by molar-refractivity contribution is 7.09. The Morgan fingerprint density at radius 3 is 2.57 bits per heavy atom. The van der Waals surface area contributed by atoms with Gasteiger partial charge in [0.15, 0.2) is 0 Å². The topological polar surface area (TPSA) is 50.7 Å². The molecule has 2 heterocycles. The maximum atomic E-state index is 4.74. The first-order valence-corrected chi connectivity index (χ1v) is 8.29. The fourth-order valence-electron chi connectivity index (χ4n) is 1.96. The molecule has 0 aromatic carbocycles. The third kappa shape index (κ3) is 4.49. The number of aromatic nitrogens is 3. The van der Waals surface area contributed by atoms with Gasteiger partial charge >= 0.3 is 0 Å². The van der Waals surface area contributed by atoms with Crippen molar-refractivity contribution in [2.75, 3.05) is 11.9 Å². The minimum absolute atomic E-state index is 0.101. The average molecular weight is 304 g/mol. The van der Waals surface area contributed by atoms with E-state index in [1.54, 1.807) is 11.3 Å². The molecule has 0 aliphatic heterocycles.